The zero-order chi connectivity index (χ0) is 13.5. The van der Waals surface area contributed by atoms with Gasteiger partial charge in [0.25, 0.3) is 0 Å². The molecule has 0 spiro atoms. The molecule has 1 saturated heterocycles. The maximum absolute atomic E-state index is 9.66. The third-order valence-corrected chi connectivity index (χ3v) is 2.82. The largest absolute Gasteiger partial charge is 0.394 e. The van der Waals surface area contributed by atoms with Crippen LogP contribution in [0.25, 0.3) is 0 Å². The van der Waals surface area contributed by atoms with Crippen LogP contribution in [-0.2, 0) is 9.47 Å². The predicted molar refractivity (Wildman–Crippen MR) is 63.8 cm³/mol. The van der Waals surface area contributed by atoms with Gasteiger partial charge in [0, 0.05) is 0 Å². The molecule has 5 unspecified atom stereocenters. The first-order valence-corrected chi connectivity index (χ1v) is 6.19. The van der Waals surface area contributed by atoms with Crippen LogP contribution in [0, 0.1) is 0 Å². The second-order valence-corrected chi connectivity index (χ2v) is 4.24. The fraction of sp³-hybridized carbons (Fsp3) is 0.833. The monoisotopic (exact) mass is 262 g/mol. The molecule has 6 nitrogen and oxygen atoms in total. The van der Waals surface area contributed by atoms with Gasteiger partial charge >= 0.3 is 0 Å². The van der Waals surface area contributed by atoms with Crippen LogP contribution >= 0.6 is 0 Å². The minimum Gasteiger partial charge on any atom is -0.394 e. The lowest BCUT2D eigenvalue weighted by molar-refractivity contribution is -0.300. The van der Waals surface area contributed by atoms with E-state index in [1.807, 2.05) is 19.1 Å². The Morgan fingerprint density at radius 1 is 1.11 bits per heavy atom. The summed E-state index contributed by atoms with van der Waals surface area (Å²) in [5, 5.41) is 37.7. The first kappa shape index (κ1) is 15.6. The average Bonchev–Trinajstić information content (AvgIpc) is 2.38. The molecule has 106 valence electrons. The van der Waals surface area contributed by atoms with Crippen molar-refractivity contribution in [2.75, 3.05) is 13.2 Å². The van der Waals surface area contributed by atoms with Crippen molar-refractivity contribution < 1.29 is 29.9 Å². The van der Waals surface area contributed by atoms with E-state index in [0.717, 1.165) is 6.42 Å². The topological polar surface area (TPSA) is 99.4 Å². The average molecular weight is 262 g/mol. The van der Waals surface area contributed by atoms with Gasteiger partial charge in [0.2, 0.25) is 0 Å². The Labute approximate surface area is 106 Å². The Morgan fingerprint density at radius 3 is 2.44 bits per heavy atom. The van der Waals surface area contributed by atoms with E-state index in [2.05, 4.69) is 0 Å². The quantitative estimate of drug-likeness (QED) is 0.368. The van der Waals surface area contributed by atoms with Gasteiger partial charge in [-0.05, 0) is 12.8 Å². The van der Waals surface area contributed by atoms with Gasteiger partial charge in [0.05, 0.1) is 13.2 Å². The number of hydrogen-bond acceptors (Lipinski definition) is 6. The summed E-state index contributed by atoms with van der Waals surface area (Å²) in [4.78, 5) is 0. The van der Waals surface area contributed by atoms with Crippen molar-refractivity contribution in [3.8, 4) is 0 Å². The van der Waals surface area contributed by atoms with Crippen LogP contribution in [0.1, 0.15) is 19.8 Å². The molecule has 0 aliphatic carbocycles. The van der Waals surface area contributed by atoms with Gasteiger partial charge in [0.1, 0.15) is 24.4 Å². The Hall–Kier alpha value is -0.500. The smallest absolute Gasteiger partial charge is 0.186 e. The normalized spacial score (nSPS) is 37.3. The number of ether oxygens (including phenoxy) is 2. The fourth-order valence-electron chi connectivity index (χ4n) is 1.74. The third-order valence-electron chi connectivity index (χ3n) is 2.82. The van der Waals surface area contributed by atoms with Crippen LogP contribution < -0.4 is 0 Å². The molecular weight excluding hydrogens is 240 g/mol. The molecule has 0 aromatic rings. The predicted octanol–water partition coefficient (Wildman–Crippen LogP) is -0.841. The molecule has 4 N–H and O–H groups in total. The van der Waals surface area contributed by atoms with Crippen molar-refractivity contribution in [3.05, 3.63) is 12.2 Å². The van der Waals surface area contributed by atoms with Gasteiger partial charge in [-0.1, -0.05) is 19.1 Å². The highest BCUT2D eigenvalue weighted by molar-refractivity contribution is 4.89. The van der Waals surface area contributed by atoms with Crippen LogP contribution in [0.3, 0.4) is 0 Å². The Kier molecular flexibility index (Phi) is 6.77. The van der Waals surface area contributed by atoms with E-state index >= 15 is 0 Å². The molecule has 1 aliphatic heterocycles. The molecule has 0 amide bonds. The summed E-state index contributed by atoms with van der Waals surface area (Å²) >= 11 is 0. The SMILES string of the molecule is CC/C=C/CCOC1OC(CO)C(O)C(O)C1O. The summed E-state index contributed by atoms with van der Waals surface area (Å²) in [5.74, 6) is 0. The second kappa shape index (κ2) is 7.83. The van der Waals surface area contributed by atoms with Crippen molar-refractivity contribution >= 4 is 0 Å². The van der Waals surface area contributed by atoms with Gasteiger partial charge in [-0.15, -0.1) is 0 Å². The lowest BCUT2D eigenvalue weighted by Gasteiger charge is -2.39. The number of rotatable bonds is 6. The molecular formula is C12H22O6. The van der Waals surface area contributed by atoms with Crippen molar-refractivity contribution in [1.82, 2.24) is 0 Å². The highest BCUT2D eigenvalue weighted by atomic mass is 16.7. The molecule has 0 bridgehead atoms. The van der Waals surface area contributed by atoms with Crippen molar-refractivity contribution in [3.63, 3.8) is 0 Å². The highest BCUT2D eigenvalue weighted by Crippen LogP contribution is 2.21. The summed E-state index contributed by atoms with van der Waals surface area (Å²) in [6, 6.07) is 0. The van der Waals surface area contributed by atoms with Crippen LogP contribution in [0.4, 0.5) is 0 Å². The molecule has 0 aromatic heterocycles. The maximum atomic E-state index is 9.66. The van der Waals surface area contributed by atoms with Crippen molar-refractivity contribution in [2.45, 2.75) is 50.5 Å². The van der Waals surface area contributed by atoms with Gasteiger partial charge in [-0.25, -0.2) is 0 Å². The van der Waals surface area contributed by atoms with E-state index in [9.17, 15) is 15.3 Å². The lowest BCUT2D eigenvalue weighted by Crippen LogP contribution is -2.59. The lowest BCUT2D eigenvalue weighted by atomic mass is 9.99. The Morgan fingerprint density at radius 2 is 1.83 bits per heavy atom. The first-order valence-electron chi connectivity index (χ1n) is 6.19. The molecule has 0 saturated carbocycles. The molecule has 5 atom stereocenters. The number of aliphatic hydroxyl groups excluding tert-OH is 4. The summed E-state index contributed by atoms with van der Waals surface area (Å²) in [5.41, 5.74) is 0. The number of aliphatic hydroxyl groups is 4. The molecule has 18 heavy (non-hydrogen) atoms. The minimum absolute atomic E-state index is 0.333. The van der Waals surface area contributed by atoms with E-state index in [-0.39, 0.29) is 0 Å². The fourth-order valence-corrected chi connectivity index (χ4v) is 1.74. The molecule has 0 aromatic carbocycles. The zero-order valence-electron chi connectivity index (χ0n) is 10.5. The minimum atomic E-state index is -1.38. The van der Waals surface area contributed by atoms with Crippen molar-refractivity contribution in [2.24, 2.45) is 0 Å². The molecule has 1 heterocycles. The van der Waals surface area contributed by atoms with Gasteiger partial charge in [0.15, 0.2) is 6.29 Å². The summed E-state index contributed by atoms with van der Waals surface area (Å²) < 4.78 is 10.5. The molecule has 6 heteroatoms. The standard InChI is InChI=1S/C12H22O6/c1-2-3-4-5-6-17-12-11(16)10(15)9(14)8(7-13)18-12/h3-4,8-16H,2,5-7H2,1H3/b4-3+. The first-order chi connectivity index (χ1) is 8.61. The van der Waals surface area contributed by atoms with Gasteiger partial charge < -0.3 is 29.9 Å². The van der Waals surface area contributed by atoms with E-state index in [0.29, 0.717) is 13.0 Å². The van der Waals surface area contributed by atoms with Crippen molar-refractivity contribution in [1.29, 1.82) is 0 Å². The molecule has 0 radical (unpaired) electrons. The van der Waals surface area contributed by atoms with Crippen LogP contribution in [0.15, 0.2) is 12.2 Å². The molecule has 1 rings (SSSR count). The summed E-state index contributed by atoms with van der Waals surface area (Å²) in [6.45, 7) is 1.91. The van der Waals surface area contributed by atoms with Gasteiger partial charge in [-0.3, -0.25) is 0 Å². The van der Waals surface area contributed by atoms with E-state index in [4.69, 9.17) is 14.6 Å². The third kappa shape index (κ3) is 4.01. The zero-order valence-corrected chi connectivity index (χ0v) is 10.5. The van der Waals surface area contributed by atoms with E-state index in [1.165, 1.54) is 0 Å². The maximum Gasteiger partial charge on any atom is 0.186 e. The highest BCUT2D eigenvalue weighted by Gasteiger charge is 2.43. The van der Waals surface area contributed by atoms with E-state index in [1.54, 1.807) is 0 Å². The van der Waals surface area contributed by atoms with Crippen LogP contribution in [0.2, 0.25) is 0 Å². The van der Waals surface area contributed by atoms with E-state index < -0.39 is 37.3 Å². The Bertz CT molecular complexity index is 255. The molecule has 1 fully saturated rings. The Balaban J connectivity index is 2.41. The summed E-state index contributed by atoms with van der Waals surface area (Å²) in [7, 11) is 0. The number of allylic oxidation sites excluding steroid dienone is 1. The number of hydrogen-bond donors (Lipinski definition) is 4. The van der Waals surface area contributed by atoms with Crippen LogP contribution in [0.5, 0.6) is 0 Å². The molecule has 1 aliphatic rings. The second-order valence-electron chi connectivity index (χ2n) is 4.24. The summed E-state index contributed by atoms with van der Waals surface area (Å²) in [6.07, 6.45) is -0.436. The van der Waals surface area contributed by atoms with Gasteiger partial charge in [-0.2, -0.15) is 0 Å². The van der Waals surface area contributed by atoms with Crippen LogP contribution in [-0.4, -0.2) is 64.3 Å².